The third-order valence-electron chi connectivity index (χ3n) is 8.40. The van der Waals surface area contributed by atoms with Crippen LogP contribution in [0.4, 0.5) is 0 Å². The Labute approximate surface area is 276 Å². The lowest BCUT2D eigenvalue weighted by Gasteiger charge is -2.27. The van der Waals surface area contributed by atoms with Gasteiger partial charge in [0, 0.05) is 36.0 Å². The van der Waals surface area contributed by atoms with E-state index in [0.717, 1.165) is 10.6 Å². The van der Waals surface area contributed by atoms with Gasteiger partial charge in [-0.05, 0) is 60.5 Å². The van der Waals surface area contributed by atoms with Crippen molar-refractivity contribution in [3.63, 3.8) is 0 Å². The van der Waals surface area contributed by atoms with Crippen LogP contribution < -0.4 is 9.47 Å². The Morgan fingerprint density at radius 2 is 1.67 bits per heavy atom. The summed E-state index contributed by atoms with van der Waals surface area (Å²) in [6, 6.07) is 22.9. The van der Waals surface area contributed by atoms with Gasteiger partial charge in [-0.15, -0.1) is 0 Å². The summed E-state index contributed by atoms with van der Waals surface area (Å²) in [6.07, 6.45) is 3.37. The van der Waals surface area contributed by atoms with Crippen LogP contribution in [-0.4, -0.2) is 72.3 Å². The molecule has 0 unspecified atom stereocenters. The van der Waals surface area contributed by atoms with Crippen molar-refractivity contribution in [2.75, 3.05) is 33.1 Å². The first-order chi connectivity index (χ1) is 23.2. The lowest BCUT2D eigenvalue weighted by atomic mass is 9.93. The van der Waals surface area contributed by atoms with E-state index in [0.29, 0.717) is 47.1 Å². The maximum Gasteiger partial charge on any atom is 0.271 e. The van der Waals surface area contributed by atoms with Crippen molar-refractivity contribution in [3.05, 3.63) is 107 Å². The van der Waals surface area contributed by atoms with Crippen LogP contribution in [0.3, 0.4) is 0 Å². The number of para-hydroxylation sites is 1. The molecule has 7 rings (SSSR count). The van der Waals surface area contributed by atoms with Crippen molar-refractivity contribution in [2.24, 2.45) is 0 Å². The van der Waals surface area contributed by atoms with E-state index in [1.165, 1.54) is 16.4 Å². The third kappa shape index (κ3) is 5.66. The van der Waals surface area contributed by atoms with E-state index in [1.807, 2.05) is 36.4 Å². The largest absolute Gasteiger partial charge is 0.454 e. The Balaban J connectivity index is 1.29. The number of amides is 2. The van der Waals surface area contributed by atoms with Crippen LogP contribution >= 0.6 is 0 Å². The maximum atomic E-state index is 14.0. The molecule has 1 saturated heterocycles. The maximum absolute atomic E-state index is 14.0. The molecule has 0 saturated carbocycles. The smallest absolute Gasteiger partial charge is 0.271 e. The number of carbonyl (C=O) groups is 2. The van der Waals surface area contributed by atoms with Crippen LogP contribution in [0.15, 0.2) is 101 Å². The summed E-state index contributed by atoms with van der Waals surface area (Å²) in [7, 11) is -3.71. The standard InChI is InChI=1S/C35H29N5O7S/c1-23-29(34(41)39(35(42)30(23)19-36)20-24-7-12-31-32(17-24)47-22-46-31)18-26-21-40(27-5-3-2-4-6-27)37-33(26)25-8-10-28(11-9-25)48(43,44)38-13-15-45-16-14-38/h2-12,17-18,21H,13-16,20,22H2,1H3/b29-18+. The van der Waals surface area contributed by atoms with Gasteiger partial charge in [0.15, 0.2) is 11.5 Å². The highest BCUT2D eigenvalue weighted by Crippen LogP contribution is 2.35. The molecule has 4 aromatic rings. The number of benzene rings is 3. The summed E-state index contributed by atoms with van der Waals surface area (Å²) in [5.74, 6) is -0.181. The van der Waals surface area contributed by atoms with Crippen molar-refractivity contribution in [2.45, 2.75) is 18.4 Å². The first kappa shape index (κ1) is 31.1. The van der Waals surface area contributed by atoms with Crippen LogP contribution in [-0.2, 0) is 30.9 Å². The fourth-order valence-corrected chi connectivity index (χ4v) is 7.21. The molecular weight excluding hydrogens is 634 g/mol. The number of morpholine rings is 1. The Kier molecular flexibility index (Phi) is 8.14. The van der Waals surface area contributed by atoms with Crippen molar-refractivity contribution < 1.29 is 32.2 Å². The zero-order chi connectivity index (χ0) is 33.4. The summed E-state index contributed by atoms with van der Waals surface area (Å²) in [4.78, 5) is 28.6. The van der Waals surface area contributed by atoms with E-state index in [-0.39, 0.29) is 48.0 Å². The molecule has 3 aliphatic heterocycles. The Morgan fingerprint density at radius 3 is 2.40 bits per heavy atom. The zero-order valence-electron chi connectivity index (χ0n) is 25.8. The highest BCUT2D eigenvalue weighted by atomic mass is 32.2. The number of aromatic nitrogens is 2. The molecule has 1 fully saturated rings. The minimum atomic E-state index is -3.71. The Morgan fingerprint density at radius 1 is 0.938 bits per heavy atom. The van der Waals surface area contributed by atoms with Gasteiger partial charge in [0.1, 0.15) is 11.6 Å². The van der Waals surface area contributed by atoms with Crippen LogP contribution in [0.5, 0.6) is 11.5 Å². The normalized spacial score (nSPS) is 17.7. The molecule has 0 N–H and O–H groups in total. The molecule has 0 spiro atoms. The quantitative estimate of drug-likeness (QED) is 0.211. The lowest BCUT2D eigenvalue weighted by molar-refractivity contribution is -0.141. The summed E-state index contributed by atoms with van der Waals surface area (Å²) < 4.78 is 45.7. The molecule has 12 nitrogen and oxygen atoms in total. The molecule has 0 aliphatic carbocycles. The van der Waals surface area contributed by atoms with Gasteiger partial charge in [-0.3, -0.25) is 14.5 Å². The highest BCUT2D eigenvalue weighted by molar-refractivity contribution is 7.89. The summed E-state index contributed by atoms with van der Waals surface area (Å²) in [6.45, 7) is 2.81. The van der Waals surface area contributed by atoms with E-state index >= 15 is 0 Å². The SMILES string of the molecule is CC1=C(C#N)C(=O)N(Cc2ccc3c(c2)OCO3)C(=O)/C1=C/c1cn(-c2ccccc2)nc1-c1ccc(S(=O)(=O)N2CCOCC2)cc1. The predicted octanol–water partition coefficient (Wildman–Crippen LogP) is 4.08. The lowest BCUT2D eigenvalue weighted by Crippen LogP contribution is -2.42. The second kappa shape index (κ2) is 12.6. The van der Waals surface area contributed by atoms with Crippen LogP contribution in [0.2, 0.25) is 0 Å². The number of hydrogen-bond acceptors (Lipinski definition) is 9. The second-order valence-corrected chi connectivity index (χ2v) is 13.2. The van der Waals surface area contributed by atoms with Crippen molar-refractivity contribution >= 4 is 27.9 Å². The van der Waals surface area contributed by atoms with Gasteiger partial charge in [-0.1, -0.05) is 36.4 Å². The molecule has 4 heterocycles. The molecule has 13 heteroatoms. The summed E-state index contributed by atoms with van der Waals surface area (Å²) in [5.41, 5.74) is 3.26. The average Bonchev–Trinajstić information content (AvgIpc) is 3.77. The summed E-state index contributed by atoms with van der Waals surface area (Å²) >= 11 is 0. The van der Waals surface area contributed by atoms with E-state index < -0.39 is 21.8 Å². The Hall–Kier alpha value is -5.55. The first-order valence-corrected chi connectivity index (χ1v) is 16.6. The fraction of sp³-hybridized carbons (Fsp3) is 0.200. The monoisotopic (exact) mass is 663 g/mol. The van der Waals surface area contributed by atoms with Crippen molar-refractivity contribution in [3.8, 4) is 34.5 Å². The van der Waals surface area contributed by atoms with Gasteiger partial charge in [-0.2, -0.15) is 14.7 Å². The number of nitriles is 1. The van der Waals surface area contributed by atoms with Gasteiger partial charge >= 0.3 is 0 Å². The highest BCUT2D eigenvalue weighted by Gasteiger charge is 2.36. The second-order valence-electron chi connectivity index (χ2n) is 11.3. The Bertz CT molecular complexity index is 2140. The topological polar surface area (TPSA) is 144 Å². The third-order valence-corrected chi connectivity index (χ3v) is 10.3. The summed E-state index contributed by atoms with van der Waals surface area (Å²) in [5, 5.41) is 14.8. The van der Waals surface area contributed by atoms with Crippen LogP contribution in [0.1, 0.15) is 18.1 Å². The van der Waals surface area contributed by atoms with E-state index in [4.69, 9.17) is 19.3 Å². The van der Waals surface area contributed by atoms with Gasteiger partial charge in [0.2, 0.25) is 16.8 Å². The number of rotatable bonds is 7. The number of imide groups is 1. The molecule has 0 bridgehead atoms. The van der Waals surface area contributed by atoms with Gasteiger partial charge < -0.3 is 14.2 Å². The molecule has 0 atom stereocenters. The molecule has 3 aromatic carbocycles. The first-order valence-electron chi connectivity index (χ1n) is 15.2. The van der Waals surface area contributed by atoms with E-state index in [9.17, 15) is 23.3 Å². The number of fused-ring (bicyclic) bond motifs is 1. The molecule has 0 radical (unpaired) electrons. The molecule has 1 aromatic heterocycles. The minimum Gasteiger partial charge on any atom is -0.454 e. The van der Waals surface area contributed by atoms with Crippen LogP contribution in [0, 0.1) is 11.3 Å². The number of sulfonamides is 1. The van der Waals surface area contributed by atoms with Gasteiger partial charge in [0.25, 0.3) is 11.8 Å². The van der Waals surface area contributed by atoms with Gasteiger partial charge in [0.05, 0.1) is 36.0 Å². The minimum absolute atomic E-state index is 0.0825. The van der Waals surface area contributed by atoms with Crippen molar-refractivity contribution in [1.29, 1.82) is 5.26 Å². The fourth-order valence-electron chi connectivity index (χ4n) is 5.80. The van der Waals surface area contributed by atoms with Gasteiger partial charge in [-0.25, -0.2) is 13.1 Å². The predicted molar refractivity (Wildman–Crippen MR) is 173 cm³/mol. The zero-order valence-corrected chi connectivity index (χ0v) is 26.6. The molecular formula is C35H29N5O7S. The van der Waals surface area contributed by atoms with E-state index in [2.05, 4.69) is 0 Å². The average molecular weight is 664 g/mol. The number of nitrogens with zero attached hydrogens (tertiary/aromatic N) is 5. The molecule has 2 amide bonds. The number of hydrogen-bond donors (Lipinski definition) is 0. The molecule has 3 aliphatic rings. The number of ether oxygens (including phenoxy) is 3. The number of carbonyl (C=O) groups excluding carboxylic acids is 2. The molecule has 242 valence electrons. The van der Waals surface area contributed by atoms with Crippen LogP contribution in [0.25, 0.3) is 23.0 Å². The van der Waals surface area contributed by atoms with E-state index in [1.54, 1.807) is 54.2 Å². The molecule has 48 heavy (non-hydrogen) atoms. The van der Waals surface area contributed by atoms with Crippen molar-refractivity contribution in [1.82, 2.24) is 19.0 Å².